The largest absolute Gasteiger partial charge is 0.496 e. The first-order valence-electron chi connectivity index (χ1n) is 12.0. The molecule has 0 unspecified atom stereocenters. The molecular formula is C27H38N2O5Si. The van der Waals surface area contributed by atoms with Crippen molar-refractivity contribution in [2.45, 2.75) is 64.4 Å². The maximum atomic E-state index is 13.7. The van der Waals surface area contributed by atoms with Gasteiger partial charge in [-0.05, 0) is 54.9 Å². The Hall–Kier alpha value is -2.84. The number of nitrogen functional groups attached to an aromatic ring is 1. The van der Waals surface area contributed by atoms with E-state index in [1.165, 1.54) is 0 Å². The van der Waals surface area contributed by atoms with Crippen molar-refractivity contribution >= 4 is 25.9 Å². The van der Waals surface area contributed by atoms with Crippen LogP contribution in [0.25, 0.3) is 0 Å². The first kappa shape index (κ1) is 26.8. The SMILES string of the molecule is COc1cc(C(=O)N2C[C@@H](OC(=O)c3ccccc3)C[C@H]2CO[Si](C)(C)C(C)(C)C)c(N)cc1C. The van der Waals surface area contributed by atoms with Gasteiger partial charge in [-0.3, -0.25) is 4.79 Å². The Labute approximate surface area is 209 Å². The molecule has 1 saturated heterocycles. The van der Waals surface area contributed by atoms with Crippen molar-refractivity contribution in [3.8, 4) is 5.75 Å². The smallest absolute Gasteiger partial charge is 0.338 e. The number of hydrogen-bond acceptors (Lipinski definition) is 6. The molecule has 2 aromatic rings. The topological polar surface area (TPSA) is 91.1 Å². The summed E-state index contributed by atoms with van der Waals surface area (Å²) in [5.74, 6) is -0.0174. The standard InChI is InChI=1S/C27H38N2O5Si/c1-18-13-23(28)22(15-24(18)32-5)25(30)29-16-21(34-26(31)19-11-9-8-10-12-19)14-20(29)17-33-35(6,7)27(2,3)4/h8-13,15,20-21H,14,16-17,28H2,1-7H3/t20-,21-/m0/s1. The lowest BCUT2D eigenvalue weighted by Crippen LogP contribution is -2.46. The van der Waals surface area contributed by atoms with Gasteiger partial charge in [0, 0.05) is 12.1 Å². The Morgan fingerprint density at radius 3 is 2.40 bits per heavy atom. The van der Waals surface area contributed by atoms with Crippen LogP contribution in [0.4, 0.5) is 5.69 Å². The number of nitrogens with zero attached hydrogens (tertiary/aromatic N) is 1. The second kappa shape index (κ2) is 10.4. The van der Waals surface area contributed by atoms with E-state index in [0.29, 0.717) is 35.6 Å². The fraction of sp³-hybridized carbons (Fsp3) is 0.481. The Bertz CT molecular complexity index is 1070. The number of carbonyl (C=O) groups excluding carboxylic acids is 2. The fourth-order valence-corrected chi connectivity index (χ4v) is 4.99. The monoisotopic (exact) mass is 498 g/mol. The van der Waals surface area contributed by atoms with Crippen molar-refractivity contribution in [1.82, 2.24) is 4.90 Å². The van der Waals surface area contributed by atoms with E-state index in [9.17, 15) is 9.59 Å². The molecule has 0 bridgehead atoms. The van der Waals surface area contributed by atoms with Gasteiger partial charge in [-0.2, -0.15) is 0 Å². The molecule has 0 radical (unpaired) electrons. The zero-order valence-electron chi connectivity index (χ0n) is 21.9. The summed E-state index contributed by atoms with van der Waals surface area (Å²) in [6, 6.07) is 12.1. The molecule has 35 heavy (non-hydrogen) atoms. The number of aryl methyl sites for hydroxylation is 1. The van der Waals surface area contributed by atoms with Crippen LogP contribution in [0.3, 0.4) is 0 Å². The molecule has 0 aromatic heterocycles. The average molecular weight is 499 g/mol. The highest BCUT2D eigenvalue weighted by Crippen LogP contribution is 2.37. The van der Waals surface area contributed by atoms with Gasteiger partial charge < -0.3 is 24.5 Å². The van der Waals surface area contributed by atoms with Gasteiger partial charge >= 0.3 is 5.97 Å². The summed E-state index contributed by atoms with van der Waals surface area (Å²) in [6.07, 6.45) is 0.0650. The minimum atomic E-state index is -2.05. The van der Waals surface area contributed by atoms with E-state index < -0.39 is 20.4 Å². The molecule has 2 aromatic carbocycles. The van der Waals surface area contributed by atoms with Crippen molar-refractivity contribution in [3.05, 3.63) is 59.2 Å². The third-order valence-electron chi connectivity index (χ3n) is 7.16. The second-order valence-electron chi connectivity index (χ2n) is 10.7. The first-order valence-corrected chi connectivity index (χ1v) is 14.9. The van der Waals surface area contributed by atoms with Gasteiger partial charge in [0.2, 0.25) is 0 Å². The van der Waals surface area contributed by atoms with Crippen LogP contribution >= 0.6 is 0 Å². The molecule has 1 aliphatic rings. The Balaban J connectivity index is 1.85. The molecule has 8 heteroatoms. The van der Waals surface area contributed by atoms with Crippen molar-refractivity contribution in [1.29, 1.82) is 0 Å². The van der Waals surface area contributed by atoms with Gasteiger partial charge in [0.25, 0.3) is 5.91 Å². The number of esters is 1. The first-order chi connectivity index (χ1) is 16.3. The summed E-state index contributed by atoms with van der Waals surface area (Å²) in [7, 11) is -0.479. The summed E-state index contributed by atoms with van der Waals surface area (Å²) in [6.45, 7) is 13.5. The number of nitrogens with two attached hydrogens (primary N) is 1. The number of hydrogen-bond donors (Lipinski definition) is 1. The minimum absolute atomic E-state index is 0.0361. The van der Waals surface area contributed by atoms with Crippen LogP contribution in [0, 0.1) is 6.92 Å². The van der Waals surface area contributed by atoms with Crippen molar-refractivity contribution < 1.29 is 23.5 Å². The molecule has 2 atom stereocenters. The third kappa shape index (κ3) is 6.05. The van der Waals surface area contributed by atoms with Crippen molar-refractivity contribution in [3.63, 3.8) is 0 Å². The summed E-state index contributed by atoms with van der Waals surface area (Å²) < 4.78 is 17.7. The van der Waals surface area contributed by atoms with E-state index in [1.54, 1.807) is 48.4 Å². The molecule has 7 nitrogen and oxygen atoms in total. The summed E-state index contributed by atoms with van der Waals surface area (Å²) in [4.78, 5) is 28.1. The van der Waals surface area contributed by atoms with E-state index in [0.717, 1.165) is 5.56 Å². The third-order valence-corrected chi connectivity index (χ3v) is 11.7. The second-order valence-corrected chi connectivity index (χ2v) is 15.5. The van der Waals surface area contributed by atoms with Gasteiger partial charge in [-0.25, -0.2) is 4.79 Å². The van der Waals surface area contributed by atoms with Crippen LogP contribution in [-0.4, -0.2) is 57.5 Å². The quantitative estimate of drug-likeness (QED) is 0.326. The molecule has 3 rings (SSSR count). The van der Waals surface area contributed by atoms with Crippen LogP contribution in [0.15, 0.2) is 42.5 Å². The predicted molar refractivity (Wildman–Crippen MR) is 140 cm³/mol. The number of methoxy groups -OCH3 is 1. The van der Waals surface area contributed by atoms with Crippen LogP contribution in [0.5, 0.6) is 5.75 Å². The number of benzene rings is 2. The molecule has 190 valence electrons. The lowest BCUT2D eigenvalue weighted by Gasteiger charge is -2.38. The molecule has 1 fully saturated rings. The Morgan fingerprint density at radius 2 is 1.80 bits per heavy atom. The molecule has 0 aliphatic carbocycles. The van der Waals surface area contributed by atoms with Gasteiger partial charge in [-0.1, -0.05) is 39.0 Å². The molecule has 0 saturated carbocycles. The number of rotatable bonds is 7. The number of likely N-dealkylation sites (tertiary alicyclic amines) is 1. The summed E-state index contributed by atoms with van der Waals surface area (Å²) in [5, 5.41) is 0.0361. The molecule has 1 amide bonds. The number of anilines is 1. The van der Waals surface area contributed by atoms with Crippen LogP contribution in [-0.2, 0) is 9.16 Å². The van der Waals surface area contributed by atoms with Crippen molar-refractivity contribution in [2.75, 3.05) is 26.0 Å². The molecular weight excluding hydrogens is 460 g/mol. The predicted octanol–water partition coefficient (Wildman–Crippen LogP) is 5.05. The Kier molecular flexibility index (Phi) is 7.96. The maximum Gasteiger partial charge on any atom is 0.338 e. The van der Waals surface area contributed by atoms with Crippen LogP contribution < -0.4 is 10.5 Å². The minimum Gasteiger partial charge on any atom is -0.496 e. The summed E-state index contributed by atoms with van der Waals surface area (Å²) >= 11 is 0. The fourth-order valence-electron chi connectivity index (χ4n) is 3.95. The van der Waals surface area contributed by atoms with E-state index >= 15 is 0 Å². The number of ether oxygens (including phenoxy) is 2. The van der Waals surface area contributed by atoms with Gasteiger partial charge in [0.05, 0.1) is 37.4 Å². The zero-order chi connectivity index (χ0) is 26.0. The highest BCUT2D eigenvalue weighted by atomic mass is 28.4. The van der Waals surface area contributed by atoms with Crippen LogP contribution in [0.1, 0.15) is 53.5 Å². The van der Waals surface area contributed by atoms with Gasteiger partial charge in [-0.15, -0.1) is 0 Å². The zero-order valence-corrected chi connectivity index (χ0v) is 22.9. The highest BCUT2D eigenvalue weighted by Gasteiger charge is 2.42. The van der Waals surface area contributed by atoms with Crippen LogP contribution in [0.2, 0.25) is 18.1 Å². The van der Waals surface area contributed by atoms with E-state index in [-0.39, 0.29) is 23.5 Å². The molecule has 0 spiro atoms. The average Bonchev–Trinajstić information content (AvgIpc) is 3.20. The number of amides is 1. The molecule has 1 aliphatic heterocycles. The summed E-state index contributed by atoms with van der Waals surface area (Å²) in [5.41, 5.74) is 8.35. The van der Waals surface area contributed by atoms with E-state index in [1.807, 2.05) is 13.0 Å². The lowest BCUT2D eigenvalue weighted by molar-refractivity contribution is 0.0315. The molecule has 1 heterocycles. The van der Waals surface area contributed by atoms with E-state index in [4.69, 9.17) is 19.6 Å². The lowest BCUT2D eigenvalue weighted by atomic mass is 10.1. The van der Waals surface area contributed by atoms with Gasteiger partial charge in [0.1, 0.15) is 11.9 Å². The van der Waals surface area contributed by atoms with E-state index in [2.05, 4.69) is 33.9 Å². The molecule has 2 N–H and O–H groups in total. The highest BCUT2D eigenvalue weighted by molar-refractivity contribution is 6.74. The normalized spacial score (nSPS) is 18.4. The number of carbonyl (C=O) groups is 2. The van der Waals surface area contributed by atoms with Gasteiger partial charge in [0.15, 0.2) is 8.32 Å². The van der Waals surface area contributed by atoms with Crippen molar-refractivity contribution in [2.24, 2.45) is 0 Å². The Morgan fingerprint density at radius 1 is 1.14 bits per heavy atom. The maximum absolute atomic E-state index is 13.7.